The lowest BCUT2D eigenvalue weighted by atomic mass is 10.1. The second-order valence-electron chi connectivity index (χ2n) is 13.6. The number of aliphatic hydroxyl groups excluding tert-OH is 1. The lowest BCUT2D eigenvalue weighted by Gasteiger charge is -2.15. The van der Waals surface area contributed by atoms with Crippen LogP contribution in [0.15, 0.2) is 24.3 Å². The fraction of sp³-hybridized carbons (Fsp3) is 0.850. The molecule has 0 rings (SSSR count). The molecule has 0 aromatic carbocycles. The Morgan fingerprint density at radius 1 is 0.600 bits per heavy atom. The zero-order chi connectivity index (χ0) is 36.8. The van der Waals surface area contributed by atoms with Crippen molar-refractivity contribution in [3.05, 3.63) is 24.3 Å². The number of carbonyl (C=O) groups is 2. The highest BCUT2D eigenvalue weighted by Crippen LogP contribution is 2.42. The predicted molar refractivity (Wildman–Crippen MR) is 206 cm³/mol. The normalized spacial score (nSPS) is 13.6. The summed E-state index contributed by atoms with van der Waals surface area (Å²) in [6.45, 7) is 3.49. The van der Waals surface area contributed by atoms with Crippen molar-refractivity contribution < 1.29 is 37.9 Å². The molecule has 0 fully saturated rings. The highest BCUT2D eigenvalue weighted by Gasteiger charge is 2.23. The van der Waals surface area contributed by atoms with Gasteiger partial charge in [0.05, 0.1) is 13.2 Å². The maximum Gasteiger partial charge on any atom is 0.472 e. The summed E-state index contributed by atoms with van der Waals surface area (Å²) in [7, 11) is -4.41. The van der Waals surface area contributed by atoms with Crippen molar-refractivity contribution >= 4 is 19.7 Å². The maximum atomic E-state index is 12.1. The Kier molecular flexibility index (Phi) is 36.1. The number of aliphatic hydroxyl groups is 1. The summed E-state index contributed by atoms with van der Waals surface area (Å²) in [6.07, 6.45) is 38.2. The van der Waals surface area contributed by atoms with Crippen LogP contribution in [0.3, 0.4) is 0 Å². The molecule has 2 unspecified atom stereocenters. The van der Waals surface area contributed by atoms with Crippen molar-refractivity contribution in [2.75, 3.05) is 26.4 Å². The van der Waals surface area contributed by atoms with Gasteiger partial charge in [-0.05, 0) is 57.8 Å². The smallest absolute Gasteiger partial charge is 0.463 e. The van der Waals surface area contributed by atoms with Crippen molar-refractivity contribution in [3.8, 4) is 0 Å². The van der Waals surface area contributed by atoms with E-state index in [0.717, 1.165) is 64.2 Å². The van der Waals surface area contributed by atoms with Crippen molar-refractivity contribution in [3.63, 3.8) is 0 Å². The molecule has 294 valence electrons. The van der Waals surface area contributed by atoms with E-state index in [-0.39, 0.29) is 32.1 Å². The molecule has 0 aromatic rings. The van der Waals surface area contributed by atoms with E-state index in [4.69, 9.17) is 13.8 Å². The van der Waals surface area contributed by atoms with E-state index in [0.29, 0.717) is 6.42 Å². The summed E-state index contributed by atoms with van der Waals surface area (Å²) in [5, 5.41) is 12.6. The number of amides is 1. The van der Waals surface area contributed by atoms with E-state index >= 15 is 0 Å². The maximum absolute atomic E-state index is 12.1. The van der Waals surface area contributed by atoms with E-state index in [2.05, 4.69) is 43.5 Å². The molecule has 9 nitrogen and oxygen atoms in total. The molecule has 0 heterocycles. The number of carbonyl (C=O) groups excluding carboxylic acids is 2. The zero-order valence-electron chi connectivity index (χ0n) is 32.1. The number of hydrogen-bond donors (Lipinski definition) is 3. The standard InChI is InChI=1S/C40H76NO8P/c1-3-5-7-9-11-13-15-16-17-18-19-20-21-23-24-26-28-30-32-39(43)41-34-35-48-50(45,46)49-37-38(42)36-47-40(44)33-31-29-27-25-22-14-12-10-8-6-4-2/h10,12,17-18,38,42H,3-9,11,13-16,19-37H2,1-2H3,(H,41,43)(H,45,46)/b12-10-,18-17-. The fourth-order valence-electron chi connectivity index (χ4n) is 5.47. The van der Waals surface area contributed by atoms with Gasteiger partial charge in [0, 0.05) is 19.4 Å². The van der Waals surface area contributed by atoms with Gasteiger partial charge in [-0.25, -0.2) is 4.57 Å². The first-order valence-electron chi connectivity index (χ1n) is 20.3. The topological polar surface area (TPSA) is 131 Å². The van der Waals surface area contributed by atoms with Crippen LogP contribution >= 0.6 is 7.82 Å². The lowest BCUT2D eigenvalue weighted by Crippen LogP contribution is -2.27. The van der Waals surface area contributed by atoms with E-state index < -0.39 is 26.5 Å². The number of allylic oxidation sites excluding steroid dienone is 4. The van der Waals surface area contributed by atoms with E-state index in [9.17, 15) is 24.2 Å². The van der Waals surface area contributed by atoms with Gasteiger partial charge in [-0.3, -0.25) is 18.6 Å². The van der Waals surface area contributed by atoms with Crippen LogP contribution in [0.2, 0.25) is 0 Å². The largest absolute Gasteiger partial charge is 0.472 e. The Morgan fingerprint density at radius 3 is 1.56 bits per heavy atom. The van der Waals surface area contributed by atoms with Gasteiger partial charge >= 0.3 is 13.8 Å². The average molecular weight is 730 g/mol. The van der Waals surface area contributed by atoms with Crippen LogP contribution in [0.4, 0.5) is 0 Å². The van der Waals surface area contributed by atoms with Crippen molar-refractivity contribution in [2.45, 2.75) is 193 Å². The zero-order valence-corrected chi connectivity index (χ0v) is 33.0. The summed E-state index contributed by atoms with van der Waals surface area (Å²) in [4.78, 5) is 33.8. The minimum absolute atomic E-state index is 0.0799. The Morgan fingerprint density at radius 2 is 1.04 bits per heavy atom. The first kappa shape index (κ1) is 48.5. The van der Waals surface area contributed by atoms with Crippen LogP contribution in [0.1, 0.15) is 187 Å². The third-order valence-electron chi connectivity index (χ3n) is 8.60. The van der Waals surface area contributed by atoms with Crippen molar-refractivity contribution in [2.24, 2.45) is 0 Å². The number of esters is 1. The molecule has 3 N–H and O–H groups in total. The molecule has 0 spiro atoms. The number of phosphoric ester groups is 1. The molecule has 0 aromatic heterocycles. The Balaban J connectivity index is 3.60. The van der Waals surface area contributed by atoms with Crippen LogP contribution in [0.25, 0.3) is 0 Å². The summed E-state index contributed by atoms with van der Waals surface area (Å²) in [5.74, 6) is -0.529. The number of unbranched alkanes of at least 4 members (excludes halogenated alkanes) is 21. The van der Waals surface area contributed by atoms with Crippen LogP contribution < -0.4 is 5.32 Å². The molecule has 0 aliphatic heterocycles. The number of phosphoric acid groups is 1. The SMILES string of the molecule is CCCC/C=C\CCCCCCCC(=O)OCC(O)COP(=O)(O)OCCNC(=O)CCCCCCCCC/C=C\CCCCCCCCC. The first-order chi connectivity index (χ1) is 24.3. The van der Waals surface area contributed by atoms with Crippen LogP contribution in [0, 0.1) is 0 Å². The summed E-state index contributed by atoms with van der Waals surface area (Å²) in [6, 6.07) is 0. The fourth-order valence-corrected chi connectivity index (χ4v) is 6.23. The third kappa shape index (κ3) is 37.7. The molecule has 10 heteroatoms. The molecule has 0 bridgehead atoms. The second-order valence-corrected chi connectivity index (χ2v) is 15.1. The van der Waals surface area contributed by atoms with E-state index in [1.807, 2.05) is 0 Å². The van der Waals surface area contributed by atoms with Crippen LogP contribution in [0.5, 0.6) is 0 Å². The Bertz CT molecular complexity index is 881. The van der Waals surface area contributed by atoms with E-state index in [1.165, 1.54) is 96.3 Å². The second kappa shape index (κ2) is 37.3. The first-order valence-corrected chi connectivity index (χ1v) is 21.8. The van der Waals surface area contributed by atoms with Gasteiger partial charge in [0.2, 0.25) is 5.91 Å². The molecule has 2 atom stereocenters. The van der Waals surface area contributed by atoms with Gasteiger partial charge in [-0.1, -0.05) is 141 Å². The van der Waals surface area contributed by atoms with Gasteiger partial charge in [0.25, 0.3) is 0 Å². The Labute approximate surface area is 306 Å². The van der Waals surface area contributed by atoms with Crippen molar-refractivity contribution in [1.82, 2.24) is 5.32 Å². The molecule has 50 heavy (non-hydrogen) atoms. The number of nitrogens with one attached hydrogen (secondary N) is 1. The molecule has 0 saturated heterocycles. The molecule has 0 radical (unpaired) electrons. The summed E-state index contributed by atoms with van der Waals surface area (Å²) in [5.41, 5.74) is 0. The monoisotopic (exact) mass is 730 g/mol. The summed E-state index contributed by atoms with van der Waals surface area (Å²) < 4.78 is 26.8. The van der Waals surface area contributed by atoms with Crippen LogP contribution in [-0.4, -0.2) is 54.3 Å². The van der Waals surface area contributed by atoms with Crippen LogP contribution in [-0.2, 0) is 27.9 Å². The number of ether oxygens (including phenoxy) is 1. The van der Waals surface area contributed by atoms with Gasteiger partial charge in [0.15, 0.2) is 0 Å². The Hall–Kier alpha value is -1.51. The molecule has 1 amide bonds. The number of rotatable bonds is 38. The molecule has 0 aliphatic carbocycles. The minimum atomic E-state index is -4.41. The molecular formula is C40H76NO8P. The average Bonchev–Trinajstić information content (AvgIpc) is 3.10. The highest BCUT2D eigenvalue weighted by atomic mass is 31.2. The lowest BCUT2D eigenvalue weighted by molar-refractivity contribution is -0.147. The van der Waals surface area contributed by atoms with E-state index in [1.54, 1.807) is 0 Å². The predicted octanol–water partition coefficient (Wildman–Crippen LogP) is 10.8. The van der Waals surface area contributed by atoms with Crippen molar-refractivity contribution in [1.29, 1.82) is 0 Å². The third-order valence-corrected chi connectivity index (χ3v) is 9.59. The van der Waals surface area contributed by atoms with Gasteiger partial charge in [-0.2, -0.15) is 0 Å². The highest BCUT2D eigenvalue weighted by molar-refractivity contribution is 7.47. The molecule has 0 saturated carbocycles. The molecular weight excluding hydrogens is 653 g/mol. The van der Waals surface area contributed by atoms with Gasteiger partial charge in [-0.15, -0.1) is 0 Å². The summed E-state index contributed by atoms with van der Waals surface area (Å²) >= 11 is 0. The van der Waals surface area contributed by atoms with Gasteiger partial charge < -0.3 is 20.1 Å². The quantitative estimate of drug-likeness (QED) is 0.0248. The number of hydrogen-bond acceptors (Lipinski definition) is 7. The van der Waals surface area contributed by atoms with Gasteiger partial charge in [0.1, 0.15) is 12.7 Å². The molecule has 0 aliphatic rings. The minimum Gasteiger partial charge on any atom is -0.463 e.